The first-order valence-electron chi connectivity index (χ1n) is 14.1. The van der Waals surface area contributed by atoms with Gasteiger partial charge in [-0.25, -0.2) is 4.98 Å². The van der Waals surface area contributed by atoms with E-state index in [1.165, 1.54) is 11.0 Å². The molecule has 220 valence electrons. The lowest BCUT2D eigenvalue weighted by Crippen LogP contribution is -2.38. The lowest BCUT2D eigenvalue weighted by Gasteiger charge is -2.14. The van der Waals surface area contributed by atoms with E-state index in [1.807, 2.05) is 77.0 Å². The van der Waals surface area contributed by atoms with Gasteiger partial charge in [-0.05, 0) is 39.1 Å². The summed E-state index contributed by atoms with van der Waals surface area (Å²) < 4.78 is 0. The van der Waals surface area contributed by atoms with Gasteiger partial charge in [-0.2, -0.15) is 4.98 Å². The number of carbonyl (C=O) groups is 2. The van der Waals surface area contributed by atoms with Crippen LogP contribution in [0, 0.1) is 11.8 Å². The zero-order chi connectivity index (χ0) is 30.2. The van der Waals surface area contributed by atoms with Crippen molar-refractivity contribution >= 4 is 29.3 Å². The Balaban J connectivity index is 0.00000363. The van der Waals surface area contributed by atoms with E-state index in [-0.39, 0.29) is 18.4 Å². The highest BCUT2D eigenvalue weighted by atomic mass is 16.2. The average Bonchev–Trinajstić information content (AvgIpc) is 2.96. The van der Waals surface area contributed by atoms with E-state index in [0.717, 1.165) is 24.2 Å². The maximum atomic E-state index is 12.1. The third-order valence-corrected chi connectivity index (χ3v) is 4.87. The third-order valence-electron chi connectivity index (χ3n) is 4.87. The summed E-state index contributed by atoms with van der Waals surface area (Å²) in [5, 5.41) is 9.34. The number of anilines is 3. The number of amides is 2. The van der Waals surface area contributed by atoms with Crippen molar-refractivity contribution in [2.75, 3.05) is 58.0 Å². The summed E-state index contributed by atoms with van der Waals surface area (Å²) in [6, 6.07) is 9.76. The van der Waals surface area contributed by atoms with Crippen LogP contribution in [0.3, 0.4) is 0 Å². The Bertz CT molecular complexity index is 1060. The average molecular weight is 552 g/mol. The first-order valence-corrected chi connectivity index (χ1v) is 14.1. The number of unbranched alkanes of at least 4 members (excludes halogenated alkanes) is 1. The maximum absolute atomic E-state index is 12.1. The van der Waals surface area contributed by atoms with Gasteiger partial charge in [0.25, 0.3) is 0 Å². The van der Waals surface area contributed by atoms with E-state index in [4.69, 9.17) is 0 Å². The van der Waals surface area contributed by atoms with Crippen molar-refractivity contribution in [2.45, 2.75) is 53.9 Å². The minimum Gasteiger partial charge on any atom is -0.369 e. The Morgan fingerprint density at radius 3 is 2.38 bits per heavy atom. The number of carbonyl (C=O) groups excluding carboxylic acids is 2. The van der Waals surface area contributed by atoms with Gasteiger partial charge in [-0.15, -0.1) is 0 Å². The van der Waals surface area contributed by atoms with Crippen molar-refractivity contribution in [3.8, 4) is 11.8 Å². The summed E-state index contributed by atoms with van der Waals surface area (Å²) in [6.45, 7) is 12.1. The summed E-state index contributed by atoms with van der Waals surface area (Å²) >= 11 is 0. The van der Waals surface area contributed by atoms with Crippen molar-refractivity contribution in [2.24, 2.45) is 0 Å². The quantitative estimate of drug-likeness (QED) is 0.185. The predicted molar refractivity (Wildman–Crippen MR) is 168 cm³/mol. The van der Waals surface area contributed by atoms with Crippen LogP contribution in [-0.2, 0) is 9.59 Å². The summed E-state index contributed by atoms with van der Waals surface area (Å²) in [5.74, 6) is 7.07. The number of hydrogen-bond donors (Lipinski definition) is 3. The van der Waals surface area contributed by atoms with Crippen molar-refractivity contribution in [3.05, 3.63) is 54.2 Å². The van der Waals surface area contributed by atoms with Gasteiger partial charge in [-0.1, -0.05) is 70.7 Å². The summed E-state index contributed by atoms with van der Waals surface area (Å²) in [4.78, 5) is 36.4. The lowest BCUT2D eigenvalue weighted by atomic mass is 10.2. The molecule has 0 saturated carbocycles. The fourth-order valence-corrected chi connectivity index (χ4v) is 2.97. The van der Waals surface area contributed by atoms with Gasteiger partial charge in [0, 0.05) is 44.9 Å². The minimum atomic E-state index is -0.197. The first-order chi connectivity index (χ1) is 19.4. The molecule has 1 aromatic carbocycles. The fraction of sp³-hybridized carbons (Fsp3) is 0.484. The molecule has 0 aliphatic carbocycles. The topological polar surface area (TPSA) is 102 Å². The van der Waals surface area contributed by atoms with Gasteiger partial charge in [0.05, 0.1) is 18.3 Å². The fourth-order valence-electron chi connectivity index (χ4n) is 2.97. The number of nitrogens with one attached hydrogen (secondary N) is 3. The molecule has 0 fully saturated rings. The number of benzene rings is 1. The van der Waals surface area contributed by atoms with Gasteiger partial charge in [0.15, 0.2) is 0 Å². The molecule has 0 radical (unpaired) electrons. The highest BCUT2D eigenvalue weighted by molar-refractivity contribution is 5.91. The van der Waals surface area contributed by atoms with Gasteiger partial charge in [0.1, 0.15) is 5.82 Å². The molecule has 2 aromatic rings. The first kappa shape index (κ1) is 36.1. The molecule has 3 N–H and O–H groups in total. The number of hydrogen-bond acceptors (Lipinski definition) is 7. The van der Waals surface area contributed by atoms with Crippen LogP contribution < -0.4 is 16.0 Å². The second-order valence-corrected chi connectivity index (χ2v) is 8.49. The van der Waals surface area contributed by atoms with Crippen molar-refractivity contribution in [1.82, 2.24) is 25.1 Å². The monoisotopic (exact) mass is 551 g/mol. The third kappa shape index (κ3) is 16.1. The van der Waals surface area contributed by atoms with Gasteiger partial charge in [-0.3, -0.25) is 9.59 Å². The van der Waals surface area contributed by atoms with E-state index < -0.39 is 0 Å². The molecule has 2 rings (SSSR count). The van der Waals surface area contributed by atoms with Crippen LogP contribution in [0.15, 0.2) is 48.7 Å². The largest absolute Gasteiger partial charge is 0.369 e. The Labute approximate surface area is 241 Å². The van der Waals surface area contributed by atoms with Crippen molar-refractivity contribution < 1.29 is 9.59 Å². The van der Waals surface area contributed by atoms with E-state index in [1.54, 1.807) is 19.3 Å². The molecule has 2 amide bonds. The smallest absolute Gasteiger partial charge is 0.246 e. The molecule has 0 aliphatic heterocycles. The van der Waals surface area contributed by atoms with Crippen LogP contribution in [0.1, 0.15) is 59.4 Å². The SMILES string of the molecule is CC.CC.CCCNc1nc(Nc2ccccc2)ncc1C#CCCCNC(=O)CN(C)C(=O)/C=C/CN(C)C. The zero-order valence-corrected chi connectivity index (χ0v) is 25.7. The van der Waals surface area contributed by atoms with Gasteiger partial charge >= 0.3 is 0 Å². The van der Waals surface area contributed by atoms with Gasteiger partial charge < -0.3 is 25.8 Å². The Morgan fingerprint density at radius 2 is 1.73 bits per heavy atom. The van der Waals surface area contributed by atoms with Crippen LogP contribution in [0.2, 0.25) is 0 Å². The van der Waals surface area contributed by atoms with Crippen LogP contribution in [-0.4, -0.2) is 78.9 Å². The number of likely N-dealkylation sites (N-methyl/N-ethyl adjacent to an activating group) is 2. The Morgan fingerprint density at radius 1 is 1.02 bits per heavy atom. The van der Waals surface area contributed by atoms with Gasteiger partial charge in [0.2, 0.25) is 17.8 Å². The van der Waals surface area contributed by atoms with E-state index in [0.29, 0.717) is 37.7 Å². The summed E-state index contributed by atoms with van der Waals surface area (Å²) in [7, 11) is 5.46. The molecule has 9 heteroatoms. The second kappa shape index (κ2) is 23.0. The summed E-state index contributed by atoms with van der Waals surface area (Å²) in [6.07, 6.45) is 7.25. The summed E-state index contributed by atoms with van der Waals surface area (Å²) in [5.41, 5.74) is 1.64. The normalized spacial score (nSPS) is 9.82. The molecule has 0 spiro atoms. The Kier molecular flexibility index (Phi) is 20.8. The zero-order valence-electron chi connectivity index (χ0n) is 25.7. The van der Waals surface area contributed by atoms with E-state index in [9.17, 15) is 9.59 Å². The van der Waals surface area contributed by atoms with Crippen LogP contribution in [0.5, 0.6) is 0 Å². The second-order valence-electron chi connectivity index (χ2n) is 8.49. The highest BCUT2D eigenvalue weighted by Crippen LogP contribution is 2.17. The van der Waals surface area contributed by atoms with Crippen molar-refractivity contribution in [1.29, 1.82) is 0 Å². The van der Waals surface area contributed by atoms with E-state index >= 15 is 0 Å². The molecule has 0 unspecified atom stereocenters. The van der Waals surface area contributed by atoms with Crippen LogP contribution >= 0.6 is 0 Å². The minimum absolute atomic E-state index is 0.0178. The molecule has 0 aliphatic rings. The molecule has 9 nitrogen and oxygen atoms in total. The number of para-hydroxylation sites is 1. The molecule has 0 atom stereocenters. The molecule has 40 heavy (non-hydrogen) atoms. The number of aromatic nitrogens is 2. The Hall–Kier alpha value is -3.90. The van der Waals surface area contributed by atoms with E-state index in [2.05, 4.69) is 44.7 Å². The lowest BCUT2D eigenvalue weighted by molar-refractivity contribution is -0.131. The number of rotatable bonds is 13. The van der Waals surface area contributed by atoms with Crippen LogP contribution in [0.25, 0.3) is 0 Å². The highest BCUT2D eigenvalue weighted by Gasteiger charge is 2.10. The molecule has 1 heterocycles. The van der Waals surface area contributed by atoms with Crippen LogP contribution in [0.4, 0.5) is 17.5 Å². The molecule has 0 saturated heterocycles. The molecule has 0 bridgehead atoms. The maximum Gasteiger partial charge on any atom is 0.246 e. The predicted octanol–water partition coefficient (Wildman–Crippen LogP) is 4.92. The molecular formula is C31H49N7O2. The number of nitrogens with zero attached hydrogens (tertiary/aromatic N) is 4. The standard InChI is InChI=1S/C27H37N7O2.2C2H6/c1-5-17-29-26-22(20-30-27(32-26)31-23-14-9-6-10-15-23)13-8-7-11-18-28-24(35)21-34(4)25(36)16-12-19-33(2)3;2*1-2/h6,9-10,12,14-16,20H,5,7,11,17-19,21H2,1-4H3,(H,28,35)(H2,29,30,31,32);2*1-2H3/b16-12+;;. The molecular weight excluding hydrogens is 502 g/mol. The molecule has 1 aromatic heterocycles. The van der Waals surface area contributed by atoms with Crippen molar-refractivity contribution in [3.63, 3.8) is 0 Å².